The van der Waals surface area contributed by atoms with Gasteiger partial charge < -0.3 is 9.80 Å². The summed E-state index contributed by atoms with van der Waals surface area (Å²) in [7, 11) is 0. The molecule has 0 atom stereocenters. The third-order valence-electron chi connectivity index (χ3n) is 5.71. The Balaban J connectivity index is 1.55. The zero-order valence-electron chi connectivity index (χ0n) is 16.8. The van der Waals surface area contributed by atoms with Crippen molar-refractivity contribution >= 4 is 33.4 Å². The Kier molecular flexibility index (Phi) is 4.78. The van der Waals surface area contributed by atoms with E-state index in [9.17, 15) is 4.79 Å². The molecule has 7 heteroatoms. The Morgan fingerprint density at radius 1 is 0.968 bits per heavy atom. The lowest BCUT2D eigenvalue weighted by atomic mass is 10.0. The maximum absolute atomic E-state index is 15.6. The number of rotatable bonds is 3. The van der Waals surface area contributed by atoms with Crippen LogP contribution in [0.25, 0.3) is 32.9 Å². The Bertz CT molecular complexity index is 1310. The minimum absolute atomic E-state index is 0.0837. The maximum atomic E-state index is 15.6. The summed E-state index contributed by atoms with van der Waals surface area (Å²) >= 11 is 0. The van der Waals surface area contributed by atoms with Crippen LogP contribution < -0.4 is 4.90 Å². The molecule has 0 unspecified atom stereocenters. The molecule has 0 spiro atoms. The number of pyridine rings is 1. The summed E-state index contributed by atoms with van der Waals surface area (Å²) in [5.74, 6) is 0.0872. The fraction of sp³-hybridized carbons (Fsp3) is 0.167. The van der Waals surface area contributed by atoms with Crippen LogP contribution in [-0.2, 0) is 4.79 Å². The van der Waals surface area contributed by atoms with E-state index in [0.29, 0.717) is 37.4 Å². The van der Waals surface area contributed by atoms with Gasteiger partial charge in [0.15, 0.2) is 5.82 Å². The summed E-state index contributed by atoms with van der Waals surface area (Å²) in [4.78, 5) is 28.7. The summed E-state index contributed by atoms with van der Waals surface area (Å²) in [5.41, 5.74) is 1.25. The molecule has 1 aliphatic heterocycles. The van der Waals surface area contributed by atoms with Gasteiger partial charge in [0.25, 0.3) is 0 Å². The lowest BCUT2D eigenvalue weighted by Crippen LogP contribution is -2.48. The molecule has 0 N–H and O–H groups in total. The van der Waals surface area contributed by atoms with Crippen molar-refractivity contribution in [2.45, 2.75) is 0 Å². The fourth-order valence-corrected chi connectivity index (χ4v) is 4.12. The molecule has 2 aromatic carbocycles. The van der Waals surface area contributed by atoms with Gasteiger partial charge in [-0.15, -0.1) is 0 Å². The standard InChI is InChI=1S/C24H20FN5O/c1-2-20(31)29-10-12-30(13-11-29)24-19-14-26-22(21(25)23(19)27-15-28-24)18-9-5-7-16-6-3-4-8-17(16)18/h2-9,14-15H,1,10-13H2. The number of amides is 1. The topological polar surface area (TPSA) is 62.2 Å². The van der Waals surface area contributed by atoms with Gasteiger partial charge in [-0.2, -0.15) is 0 Å². The molecular formula is C24H20FN5O. The van der Waals surface area contributed by atoms with E-state index < -0.39 is 5.82 Å². The minimum atomic E-state index is -0.460. The Morgan fingerprint density at radius 3 is 2.55 bits per heavy atom. The molecule has 0 radical (unpaired) electrons. The normalized spacial score (nSPS) is 14.2. The van der Waals surface area contributed by atoms with Gasteiger partial charge in [0.1, 0.15) is 23.4 Å². The minimum Gasteiger partial charge on any atom is -0.352 e. The third kappa shape index (κ3) is 3.28. The summed E-state index contributed by atoms with van der Waals surface area (Å²) < 4.78 is 15.6. The van der Waals surface area contributed by atoms with E-state index in [0.717, 1.165) is 16.3 Å². The van der Waals surface area contributed by atoms with Crippen molar-refractivity contribution in [1.29, 1.82) is 0 Å². The van der Waals surface area contributed by atoms with Gasteiger partial charge in [-0.25, -0.2) is 14.4 Å². The molecule has 31 heavy (non-hydrogen) atoms. The van der Waals surface area contributed by atoms with Crippen molar-refractivity contribution in [1.82, 2.24) is 19.9 Å². The quantitative estimate of drug-likeness (QED) is 0.478. The molecular weight excluding hydrogens is 393 g/mol. The fourth-order valence-electron chi connectivity index (χ4n) is 4.12. The van der Waals surface area contributed by atoms with Gasteiger partial charge in [-0.1, -0.05) is 49.0 Å². The molecule has 6 nitrogen and oxygen atoms in total. The molecule has 1 amide bonds. The van der Waals surface area contributed by atoms with Crippen LogP contribution in [0.3, 0.4) is 0 Å². The number of carbonyl (C=O) groups is 1. The molecule has 1 saturated heterocycles. The van der Waals surface area contributed by atoms with Gasteiger partial charge >= 0.3 is 0 Å². The number of benzene rings is 2. The number of anilines is 1. The second-order valence-corrected chi connectivity index (χ2v) is 7.42. The van der Waals surface area contributed by atoms with Crippen molar-refractivity contribution in [2.75, 3.05) is 31.1 Å². The highest BCUT2D eigenvalue weighted by Gasteiger charge is 2.23. The first-order chi connectivity index (χ1) is 15.2. The average molecular weight is 413 g/mol. The molecule has 1 fully saturated rings. The molecule has 0 saturated carbocycles. The first kappa shape index (κ1) is 19.1. The average Bonchev–Trinajstić information content (AvgIpc) is 2.83. The molecule has 1 aliphatic rings. The van der Waals surface area contributed by atoms with E-state index in [-0.39, 0.29) is 17.1 Å². The smallest absolute Gasteiger partial charge is 0.246 e. The summed E-state index contributed by atoms with van der Waals surface area (Å²) in [6.07, 6.45) is 4.35. The molecule has 154 valence electrons. The highest BCUT2D eigenvalue weighted by molar-refractivity contribution is 5.98. The van der Waals surface area contributed by atoms with Crippen LogP contribution >= 0.6 is 0 Å². The van der Waals surface area contributed by atoms with Gasteiger partial charge in [-0.05, 0) is 16.8 Å². The lowest BCUT2D eigenvalue weighted by Gasteiger charge is -2.35. The zero-order chi connectivity index (χ0) is 21.4. The van der Waals surface area contributed by atoms with Crippen LogP contribution in [0, 0.1) is 5.82 Å². The number of fused-ring (bicyclic) bond motifs is 2. The van der Waals surface area contributed by atoms with Gasteiger partial charge in [0, 0.05) is 37.9 Å². The highest BCUT2D eigenvalue weighted by atomic mass is 19.1. The van der Waals surface area contributed by atoms with Crippen molar-refractivity contribution in [3.8, 4) is 11.3 Å². The van der Waals surface area contributed by atoms with Crippen molar-refractivity contribution in [2.24, 2.45) is 0 Å². The van der Waals surface area contributed by atoms with Crippen LogP contribution in [0.5, 0.6) is 0 Å². The Morgan fingerprint density at radius 2 is 1.74 bits per heavy atom. The van der Waals surface area contributed by atoms with E-state index in [2.05, 4.69) is 21.5 Å². The van der Waals surface area contributed by atoms with Crippen LogP contribution in [0.15, 0.2) is 67.6 Å². The number of halogens is 1. The number of nitrogens with zero attached hydrogens (tertiary/aromatic N) is 5. The maximum Gasteiger partial charge on any atom is 0.246 e. The SMILES string of the molecule is C=CC(=O)N1CCN(c2ncnc3c(F)c(-c4cccc5ccccc45)ncc23)CC1. The monoisotopic (exact) mass is 413 g/mol. The predicted molar refractivity (Wildman–Crippen MR) is 119 cm³/mol. The molecule has 4 aromatic rings. The van der Waals surface area contributed by atoms with Crippen molar-refractivity contribution in [3.05, 3.63) is 73.5 Å². The highest BCUT2D eigenvalue weighted by Crippen LogP contribution is 2.33. The van der Waals surface area contributed by atoms with E-state index in [4.69, 9.17) is 0 Å². The van der Waals surface area contributed by atoms with E-state index >= 15 is 4.39 Å². The van der Waals surface area contributed by atoms with Crippen molar-refractivity contribution in [3.63, 3.8) is 0 Å². The number of carbonyl (C=O) groups excluding carboxylic acids is 1. The number of piperazine rings is 1. The summed E-state index contributed by atoms with van der Waals surface area (Å²) in [6, 6.07) is 13.6. The van der Waals surface area contributed by atoms with E-state index in [1.165, 1.54) is 12.4 Å². The second kappa shape index (κ2) is 7.75. The van der Waals surface area contributed by atoms with Gasteiger partial charge in [0.05, 0.1) is 5.39 Å². The zero-order valence-corrected chi connectivity index (χ0v) is 16.8. The molecule has 2 aromatic heterocycles. The van der Waals surface area contributed by atoms with Gasteiger partial charge in [0.2, 0.25) is 5.91 Å². The van der Waals surface area contributed by atoms with Crippen LogP contribution in [-0.4, -0.2) is 51.9 Å². The number of hydrogen-bond acceptors (Lipinski definition) is 5. The molecule has 5 rings (SSSR count). The first-order valence-corrected chi connectivity index (χ1v) is 10.1. The molecule has 0 bridgehead atoms. The second-order valence-electron chi connectivity index (χ2n) is 7.42. The van der Waals surface area contributed by atoms with Gasteiger partial charge in [-0.3, -0.25) is 9.78 Å². The number of aromatic nitrogens is 3. The predicted octanol–water partition coefficient (Wildman–Crippen LogP) is 3.82. The van der Waals surface area contributed by atoms with Crippen LogP contribution in [0.4, 0.5) is 10.2 Å². The van der Waals surface area contributed by atoms with E-state index in [1.807, 2.05) is 47.4 Å². The first-order valence-electron chi connectivity index (χ1n) is 10.1. The number of hydrogen-bond donors (Lipinski definition) is 0. The summed E-state index contributed by atoms with van der Waals surface area (Å²) in [5, 5.41) is 2.53. The third-order valence-corrected chi connectivity index (χ3v) is 5.71. The molecule has 0 aliphatic carbocycles. The lowest BCUT2D eigenvalue weighted by molar-refractivity contribution is -0.126. The van der Waals surface area contributed by atoms with Crippen LogP contribution in [0.2, 0.25) is 0 Å². The van der Waals surface area contributed by atoms with E-state index in [1.54, 1.807) is 11.1 Å². The Labute approximate surface area is 178 Å². The summed E-state index contributed by atoms with van der Waals surface area (Å²) in [6.45, 7) is 5.84. The Hall–Kier alpha value is -3.87. The largest absolute Gasteiger partial charge is 0.352 e. The van der Waals surface area contributed by atoms with Crippen molar-refractivity contribution < 1.29 is 9.18 Å². The molecule has 3 heterocycles. The van der Waals surface area contributed by atoms with Crippen LogP contribution in [0.1, 0.15) is 0 Å².